The van der Waals surface area contributed by atoms with Crippen molar-refractivity contribution in [2.24, 2.45) is 0 Å². The third kappa shape index (κ3) is 4.05. The SMILES string of the molecule is CC.CC(C)c1ccc(Cl)c(C(F)(F)F)c1. The molecule has 4 heteroatoms. The van der Waals surface area contributed by atoms with Crippen molar-refractivity contribution >= 4 is 11.6 Å². The summed E-state index contributed by atoms with van der Waals surface area (Å²) in [4.78, 5) is 0. The summed E-state index contributed by atoms with van der Waals surface area (Å²) in [6.45, 7) is 7.67. The molecule has 1 aromatic carbocycles. The van der Waals surface area contributed by atoms with Crippen molar-refractivity contribution in [3.63, 3.8) is 0 Å². The van der Waals surface area contributed by atoms with Crippen LogP contribution >= 0.6 is 11.6 Å². The van der Waals surface area contributed by atoms with Gasteiger partial charge in [-0.25, -0.2) is 0 Å². The molecule has 0 N–H and O–H groups in total. The highest BCUT2D eigenvalue weighted by Gasteiger charge is 2.33. The normalized spacial score (nSPS) is 11.1. The van der Waals surface area contributed by atoms with Gasteiger partial charge in [-0.15, -0.1) is 0 Å². The average Bonchev–Trinajstić information content (AvgIpc) is 2.19. The lowest BCUT2D eigenvalue weighted by Gasteiger charge is -2.12. The second-order valence-electron chi connectivity index (χ2n) is 3.39. The van der Waals surface area contributed by atoms with Crippen molar-refractivity contribution in [2.45, 2.75) is 39.8 Å². The highest BCUT2D eigenvalue weighted by Crippen LogP contribution is 2.36. The Kier molecular flexibility index (Phi) is 5.87. The quantitative estimate of drug-likeness (QED) is 0.618. The lowest BCUT2D eigenvalue weighted by molar-refractivity contribution is -0.137. The second-order valence-corrected chi connectivity index (χ2v) is 3.80. The van der Waals surface area contributed by atoms with Gasteiger partial charge in [-0.3, -0.25) is 0 Å². The summed E-state index contributed by atoms with van der Waals surface area (Å²) in [7, 11) is 0. The predicted octanol–water partition coefficient (Wildman–Crippen LogP) is 5.51. The van der Waals surface area contributed by atoms with Gasteiger partial charge in [0.15, 0.2) is 0 Å². The molecule has 0 bridgehead atoms. The van der Waals surface area contributed by atoms with Gasteiger partial charge in [0.2, 0.25) is 0 Å². The molecule has 0 heterocycles. The van der Waals surface area contributed by atoms with E-state index in [0.29, 0.717) is 5.56 Å². The van der Waals surface area contributed by atoms with Crippen molar-refractivity contribution in [3.05, 3.63) is 34.3 Å². The maximum Gasteiger partial charge on any atom is 0.417 e. The summed E-state index contributed by atoms with van der Waals surface area (Å²) in [5.74, 6) is 0.0633. The van der Waals surface area contributed by atoms with Crippen LogP contribution in [0.5, 0.6) is 0 Å². The first-order chi connectivity index (χ1) is 7.32. The van der Waals surface area contributed by atoms with Crippen LogP contribution in [-0.2, 0) is 6.18 Å². The van der Waals surface area contributed by atoms with Gasteiger partial charge < -0.3 is 0 Å². The van der Waals surface area contributed by atoms with E-state index in [9.17, 15) is 13.2 Å². The number of benzene rings is 1. The summed E-state index contributed by atoms with van der Waals surface area (Å²) in [6.07, 6.45) is -4.37. The molecular weight excluding hydrogens is 237 g/mol. The molecule has 0 aliphatic heterocycles. The first-order valence-electron chi connectivity index (χ1n) is 5.19. The van der Waals surface area contributed by atoms with Crippen molar-refractivity contribution in [3.8, 4) is 0 Å². The number of halogens is 4. The first kappa shape index (κ1) is 15.3. The Morgan fingerprint density at radius 3 is 2.00 bits per heavy atom. The van der Waals surface area contributed by atoms with E-state index in [1.165, 1.54) is 6.07 Å². The molecule has 0 fully saturated rings. The minimum Gasteiger partial charge on any atom is -0.166 e. The van der Waals surface area contributed by atoms with E-state index >= 15 is 0 Å². The summed E-state index contributed by atoms with van der Waals surface area (Å²) in [6, 6.07) is 4.01. The van der Waals surface area contributed by atoms with Gasteiger partial charge in [0.1, 0.15) is 0 Å². The Bertz CT molecular complexity index is 330. The number of hydrogen-bond acceptors (Lipinski definition) is 0. The van der Waals surface area contributed by atoms with Gasteiger partial charge in [-0.1, -0.05) is 45.4 Å². The molecule has 0 spiro atoms. The number of hydrogen-bond donors (Lipinski definition) is 0. The molecule has 1 aromatic rings. The molecule has 16 heavy (non-hydrogen) atoms. The molecule has 0 atom stereocenters. The summed E-state index contributed by atoms with van der Waals surface area (Å²) < 4.78 is 37.2. The van der Waals surface area contributed by atoms with Gasteiger partial charge in [0, 0.05) is 0 Å². The van der Waals surface area contributed by atoms with Crippen LogP contribution in [0.2, 0.25) is 5.02 Å². The van der Waals surface area contributed by atoms with Crippen LogP contribution in [0, 0.1) is 0 Å². The number of alkyl halides is 3. The zero-order valence-corrected chi connectivity index (χ0v) is 10.6. The van der Waals surface area contributed by atoms with E-state index in [-0.39, 0.29) is 10.9 Å². The molecule has 0 amide bonds. The third-order valence-corrected chi connectivity index (χ3v) is 2.29. The molecule has 92 valence electrons. The Morgan fingerprint density at radius 1 is 1.12 bits per heavy atom. The summed E-state index contributed by atoms with van der Waals surface area (Å²) >= 11 is 5.47. The number of rotatable bonds is 1. The molecule has 1 rings (SSSR count). The van der Waals surface area contributed by atoms with E-state index in [1.54, 1.807) is 6.07 Å². The van der Waals surface area contributed by atoms with Crippen LogP contribution in [-0.4, -0.2) is 0 Å². The van der Waals surface area contributed by atoms with Gasteiger partial charge in [0.05, 0.1) is 10.6 Å². The molecule has 0 saturated carbocycles. The van der Waals surface area contributed by atoms with E-state index in [0.717, 1.165) is 6.07 Å². The molecule has 0 unspecified atom stereocenters. The highest BCUT2D eigenvalue weighted by molar-refractivity contribution is 6.31. The van der Waals surface area contributed by atoms with Crippen molar-refractivity contribution in [1.82, 2.24) is 0 Å². The van der Waals surface area contributed by atoms with Crippen molar-refractivity contribution in [1.29, 1.82) is 0 Å². The van der Waals surface area contributed by atoms with Crippen LogP contribution in [0.3, 0.4) is 0 Å². The maximum atomic E-state index is 12.4. The molecule has 0 nitrogen and oxygen atoms in total. The molecule has 0 aromatic heterocycles. The lowest BCUT2D eigenvalue weighted by Crippen LogP contribution is -2.06. The second kappa shape index (κ2) is 6.14. The molecular formula is C12H16ClF3. The molecule has 0 saturated heterocycles. The monoisotopic (exact) mass is 252 g/mol. The minimum absolute atomic E-state index is 0.0633. The minimum atomic E-state index is -4.37. The molecule has 0 aliphatic rings. The van der Waals surface area contributed by atoms with E-state index < -0.39 is 11.7 Å². The van der Waals surface area contributed by atoms with Crippen LogP contribution in [0.1, 0.15) is 44.7 Å². The zero-order valence-electron chi connectivity index (χ0n) is 9.82. The van der Waals surface area contributed by atoms with Gasteiger partial charge in [0.25, 0.3) is 0 Å². The summed E-state index contributed by atoms with van der Waals surface area (Å²) in [5, 5.41) is -0.248. The van der Waals surface area contributed by atoms with Crippen LogP contribution < -0.4 is 0 Å². The largest absolute Gasteiger partial charge is 0.417 e. The van der Waals surface area contributed by atoms with Crippen LogP contribution in [0.4, 0.5) is 13.2 Å². The van der Waals surface area contributed by atoms with Crippen LogP contribution in [0.15, 0.2) is 18.2 Å². The predicted molar refractivity (Wildman–Crippen MR) is 61.9 cm³/mol. The topological polar surface area (TPSA) is 0 Å². The fourth-order valence-corrected chi connectivity index (χ4v) is 1.34. The smallest absolute Gasteiger partial charge is 0.166 e. The Morgan fingerprint density at radius 2 is 1.62 bits per heavy atom. The van der Waals surface area contributed by atoms with E-state index in [2.05, 4.69) is 0 Å². The van der Waals surface area contributed by atoms with Gasteiger partial charge in [-0.05, 0) is 23.6 Å². The Hall–Kier alpha value is -0.700. The lowest BCUT2D eigenvalue weighted by atomic mass is 10.0. The Labute approximate surface area is 99.4 Å². The maximum absolute atomic E-state index is 12.4. The summed E-state index contributed by atoms with van der Waals surface area (Å²) in [5.41, 5.74) is -0.118. The highest BCUT2D eigenvalue weighted by atomic mass is 35.5. The molecule has 0 aliphatic carbocycles. The van der Waals surface area contributed by atoms with Crippen molar-refractivity contribution < 1.29 is 13.2 Å². The van der Waals surface area contributed by atoms with Crippen molar-refractivity contribution in [2.75, 3.05) is 0 Å². The first-order valence-corrected chi connectivity index (χ1v) is 5.57. The van der Waals surface area contributed by atoms with Gasteiger partial charge in [-0.2, -0.15) is 13.2 Å². The van der Waals surface area contributed by atoms with E-state index in [1.807, 2.05) is 27.7 Å². The van der Waals surface area contributed by atoms with Crippen LogP contribution in [0.25, 0.3) is 0 Å². The zero-order chi connectivity index (χ0) is 12.9. The average molecular weight is 253 g/mol. The third-order valence-electron chi connectivity index (χ3n) is 1.96. The fraction of sp³-hybridized carbons (Fsp3) is 0.500. The molecule has 0 radical (unpaired) electrons. The fourth-order valence-electron chi connectivity index (χ4n) is 1.12. The van der Waals surface area contributed by atoms with Gasteiger partial charge >= 0.3 is 6.18 Å². The standard InChI is InChI=1S/C10H10ClF3.C2H6/c1-6(2)7-3-4-9(11)8(5-7)10(12,13)14;1-2/h3-6H,1-2H3;1-2H3. The van der Waals surface area contributed by atoms with E-state index in [4.69, 9.17) is 11.6 Å². The Balaban J connectivity index is 0.00000106.